The maximum absolute atomic E-state index is 11.1. The summed E-state index contributed by atoms with van der Waals surface area (Å²) < 4.78 is 5.90. The Morgan fingerprint density at radius 2 is 2.06 bits per heavy atom. The predicted octanol–water partition coefficient (Wildman–Crippen LogP) is 2.99. The molecule has 1 unspecified atom stereocenters. The molecule has 98 valence electrons. The summed E-state index contributed by atoms with van der Waals surface area (Å²) in [7, 11) is 0. The van der Waals surface area contributed by atoms with E-state index in [1.165, 1.54) is 4.90 Å². The second kappa shape index (κ2) is 4.88. The maximum atomic E-state index is 11.1. The molecule has 1 saturated heterocycles. The molecule has 1 aromatic rings. The Balaban J connectivity index is 2.01. The molecule has 1 atom stereocenters. The van der Waals surface area contributed by atoms with Crippen LogP contribution in [-0.2, 0) is 0 Å². The van der Waals surface area contributed by atoms with Crippen LogP contribution in [0, 0.1) is 0 Å². The van der Waals surface area contributed by atoms with E-state index >= 15 is 0 Å². The molecule has 0 saturated carbocycles. The number of piperidine rings is 1. The lowest BCUT2D eigenvalue weighted by Gasteiger charge is -2.43. The highest BCUT2D eigenvalue weighted by atomic mass is 16.5. The summed E-state index contributed by atoms with van der Waals surface area (Å²) in [6.45, 7) is 4.42. The molecule has 1 aliphatic rings. The number of amides is 1. The van der Waals surface area contributed by atoms with Gasteiger partial charge in [-0.25, -0.2) is 4.79 Å². The first-order chi connectivity index (χ1) is 8.49. The fourth-order valence-corrected chi connectivity index (χ4v) is 2.49. The van der Waals surface area contributed by atoms with Gasteiger partial charge in [0.25, 0.3) is 0 Å². The van der Waals surface area contributed by atoms with E-state index in [0.717, 1.165) is 12.2 Å². The Bertz CT molecular complexity index is 416. The largest absolute Gasteiger partial charge is 0.490 e. The van der Waals surface area contributed by atoms with E-state index in [2.05, 4.69) is 0 Å². The van der Waals surface area contributed by atoms with E-state index in [-0.39, 0.29) is 11.6 Å². The van der Waals surface area contributed by atoms with Crippen molar-refractivity contribution in [1.82, 2.24) is 4.90 Å². The molecule has 1 aromatic carbocycles. The summed E-state index contributed by atoms with van der Waals surface area (Å²) in [4.78, 5) is 12.6. The highest BCUT2D eigenvalue weighted by molar-refractivity contribution is 5.66. The van der Waals surface area contributed by atoms with Gasteiger partial charge < -0.3 is 14.7 Å². The Kier molecular flexibility index (Phi) is 3.45. The van der Waals surface area contributed by atoms with Crippen LogP contribution in [0.5, 0.6) is 5.75 Å². The second-order valence-corrected chi connectivity index (χ2v) is 5.29. The van der Waals surface area contributed by atoms with Gasteiger partial charge in [-0.15, -0.1) is 0 Å². The van der Waals surface area contributed by atoms with Crippen LogP contribution in [0.4, 0.5) is 4.79 Å². The minimum Gasteiger partial charge on any atom is -0.490 e. The molecular weight excluding hydrogens is 230 g/mol. The van der Waals surface area contributed by atoms with E-state index in [4.69, 9.17) is 9.84 Å². The summed E-state index contributed by atoms with van der Waals surface area (Å²) in [5.74, 6) is 0.849. The number of carboxylic acid groups (broad SMARTS) is 1. The molecule has 0 radical (unpaired) electrons. The highest BCUT2D eigenvalue weighted by Crippen LogP contribution is 2.30. The molecule has 18 heavy (non-hydrogen) atoms. The first-order valence-electron chi connectivity index (χ1n) is 6.21. The summed E-state index contributed by atoms with van der Waals surface area (Å²) in [5.41, 5.74) is -0.371. The average Bonchev–Trinajstić information content (AvgIpc) is 2.28. The molecular formula is C14H19NO3. The third kappa shape index (κ3) is 2.75. The molecule has 4 heteroatoms. The number of benzene rings is 1. The Morgan fingerprint density at radius 1 is 1.39 bits per heavy atom. The van der Waals surface area contributed by atoms with Crippen LogP contribution in [-0.4, -0.2) is 34.3 Å². The average molecular weight is 249 g/mol. The van der Waals surface area contributed by atoms with Gasteiger partial charge in [0.1, 0.15) is 11.9 Å². The second-order valence-electron chi connectivity index (χ2n) is 5.29. The molecule has 4 nitrogen and oxygen atoms in total. The van der Waals surface area contributed by atoms with Crippen LogP contribution in [0.2, 0.25) is 0 Å². The van der Waals surface area contributed by atoms with Gasteiger partial charge in [0.05, 0.1) is 0 Å². The summed E-state index contributed by atoms with van der Waals surface area (Å²) in [6, 6.07) is 9.68. The Labute approximate surface area is 107 Å². The number of carbonyl (C=O) groups is 1. The summed E-state index contributed by atoms with van der Waals surface area (Å²) in [6.07, 6.45) is 0.690. The lowest BCUT2D eigenvalue weighted by atomic mass is 9.89. The lowest BCUT2D eigenvalue weighted by molar-refractivity contribution is 0.0162. The van der Waals surface area contributed by atoms with Gasteiger partial charge in [0, 0.05) is 24.9 Å². The molecule has 0 aromatic heterocycles. The van der Waals surface area contributed by atoms with Crippen LogP contribution in [0.3, 0.4) is 0 Å². The number of ether oxygens (including phenoxy) is 1. The summed E-state index contributed by atoms with van der Waals surface area (Å²) in [5, 5.41) is 9.13. The SMILES string of the molecule is CC1(C)CC(Oc2ccccc2)CCN1C(=O)O. The minimum atomic E-state index is -0.849. The quantitative estimate of drug-likeness (QED) is 0.876. The van der Waals surface area contributed by atoms with E-state index in [9.17, 15) is 4.79 Å². The standard InChI is InChI=1S/C14H19NO3/c1-14(2)10-12(8-9-15(14)13(16)17)18-11-6-4-3-5-7-11/h3-7,12H,8-10H2,1-2H3,(H,16,17). The summed E-state index contributed by atoms with van der Waals surface area (Å²) >= 11 is 0. The predicted molar refractivity (Wildman–Crippen MR) is 68.9 cm³/mol. The first-order valence-corrected chi connectivity index (χ1v) is 6.21. The molecule has 0 spiro atoms. The zero-order valence-corrected chi connectivity index (χ0v) is 10.8. The lowest BCUT2D eigenvalue weighted by Crippen LogP contribution is -2.54. The number of likely N-dealkylation sites (tertiary alicyclic amines) is 1. The first kappa shape index (κ1) is 12.7. The van der Waals surface area contributed by atoms with Crippen molar-refractivity contribution >= 4 is 6.09 Å². The van der Waals surface area contributed by atoms with Crippen molar-refractivity contribution in [2.75, 3.05) is 6.54 Å². The molecule has 1 heterocycles. The van der Waals surface area contributed by atoms with Gasteiger partial charge in [0.2, 0.25) is 0 Å². The smallest absolute Gasteiger partial charge is 0.407 e. The molecule has 2 rings (SSSR count). The zero-order valence-electron chi connectivity index (χ0n) is 10.8. The third-order valence-corrected chi connectivity index (χ3v) is 3.41. The van der Waals surface area contributed by atoms with Crippen molar-refractivity contribution in [3.63, 3.8) is 0 Å². The normalized spacial score (nSPS) is 22.6. The van der Waals surface area contributed by atoms with Gasteiger partial charge in [-0.05, 0) is 26.0 Å². The van der Waals surface area contributed by atoms with Gasteiger partial charge in [0.15, 0.2) is 0 Å². The fraction of sp³-hybridized carbons (Fsp3) is 0.500. The van der Waals surface area contributed by atoms with Crippen molar-refractivity contribution in [2.45, 2.75) is 38.3 Å². The van der Waals surface area contributed by atoms with E-state index in [1.54, 1.807) is 0 Å². The highest BCUT2D eigenvalue weighted by Gasteiger charge is 2.38. The fourth-order valence-electron chi connectivity index (χ4n) is 2.49. The molecule has 1 amide bonds. The molecule has 0 aliphatic carbocycles. The van der Waals surface area contributed by atoms with Crippen LogP contribution in [0.15, 0.2) is 30.3 Å². The van der Waals surface area contributed by atoms with Gasteiger partial charge in [-0.3, -0.25) is 0 Å². The van der Waals surface area contributed by atoms with Crippen molar-refractivity contribution < 1.29 is 14.6 Å². The molecule has 0 bridgehead atoms. The number of nitrogens with zero attached hydrogens (tertiary/aromatic N) is 1. The van der Waals surface area contributed by atoms with Crippen LogP contribution >= 0.6 is 0 Å². The Hall–Kier alpha value is -1.71. The third-order valence-electron chi connectivity index (χ3n) is 3.41. The number of hydrogen-bond donors (Lipinski definition) is 1. The topological polar surface area (TPSA) is 49.8 Å². The molecule has 1 fully saturated rings. The number of para-hydroxylation sites is 1. The molecule has 1 N–H and O–H groups in total. The monoisotopic (exact) mass is 249 g/mol. The zero-order chi connectivity index (χ0) is 13.2. The maximum Gasteiger partial charge on any atom is 0.407 e. The molecule has 1 aliphatic heterocycles. The van der Waals surface area contributed by atoms with E-state index in [0.29, 0.717) is 13.0 Å². The van der Waals surface area contributed by atoms with Crippen molar-refractivity contribution in [3.8, 4) is 5.75 Å². The van der Waals surface area contributed by atoms with E-state index in [1.807, 2.05) is 44.2 Å². The van der Waals surface area contributed by atoms with Crippen molar-refractivity contribution in [3.05, 3.63) is 30.3 Å². The number of hydrogen-bond acceptors (Lipinski definition) is 2. The number of rotatable bonds is 2. The Morgan fingerprint density at radius 3 is 2.61 bits per heavy atom. The van der Waals surface area contributed by atoms with E-state index < -0.39 is 6.09 Å². The van der Waals surface area contributed by atoms with Crippen LogP contribution in [0.25, 0.3) is 0 Å². The van der Waals surface area contributed by atoms with Crippen molar-refractivity contribution in [2.24, 2.45) is 0 Å². The van der Waals surface area contributed by atoms with Crippen LogP contribution in [0.1, 0.15) is 26.7 Å². The van der Waals surface area contributed by atoms with Gasteiger partial charge in [-0.1, -0.05) is 18.2 Å². The van der Waals surface area contributed by atoms with Crippen molar-refractivity contribution in [1.29, 1.82) is 0 Å². The van der Waals surface area contributed by atoms with Gasteiger partial charge >= 0.3 is 6.09 Å². The van der Waals surface area contributed by atoms with Gasteiger partial charge in [-0.2, -0.15) is 0 Å². The minimum absolute atomic E-state index is 0.0815. The van der Waals surface area contributed by atoms with Crippen LogP contribution < -0.4 is 4.74 Å².